The molecule has 12 nitrogen and oxygen atoms in total. The Hall–Kier alpha value is -3.52. The summed E-state index contributed by atoms with van der Waals surface area (Å²) in [6.45, 7) is 7.80. The Balaban J connectivity index is 1.35. The molecule has 2 aliphatic heterocycles. The largest absolute Gasteiger partial charge is 0.497 e. The zero-order valence-corrected chi connectivity index (χ0v) is 27.1. The number of hydrogen-bond donors (Lipinski definition) is 3. The van der Waals surface area contributed by atoms with Crippen LogP contribution in [-0.2, 0) is 21.2 Å². The molecule has 0 aliphatic carbocycles. The van der Waals surface area contributed by atoms with Gasteiger partial charge in [0.1, 0.15) is 16.5 Å². The van der Waals surface area contributed by atoms with Crippen molar-refractivity contribution in [3.05, 3.63) is 47.1 Å². The first kappa shape index (κ1) is 31.9. The Labute approximate surface area is 264 Å². The number of nitrogens with zero attached hydrogens (tertiary/aromatic N) is 4. The molecule has 0 unspecified atom stereocenters. The van der Waals surface area contributed by atoms with Crippen LogP contribution in [-0.4, -0.2) is 89.2 Å². The van der Waals surface area contributed by atoms with Gasteiger partial charge in [-0.1, -0.05) is 18.5 Å². The summed E-state index contributed by atoms with van der Waals surface area (Å²) < 4.78 is 43.1. The predicted molar refractivity (Wildman–Crippen MR) is 175 cm³/mol. The van der Waals surface area contributed by atoms with Crippen molar-refractivity contribution in [1.29, 1.82) is 0 Å². The molecular formula is C30H40ClN7O5S. The quantitative estimate of drug-likeness (QED) is 0.264. The normalized spacial score (nSPS) is 16.4. The van der Waals surface area contributed by atoms with Gasteiger partial charge in [0, 0.05) is 50.0 Å². The molecule has 0 spiro atoms. The Kier molecular flexibility index (Phi) is 10.2. The SMILES string of the molecule is CCc1cc(Nc2ncc(Cl)c(Nc3ccc(OC)cc3NS(C)(=O)=O)n2)c(OC)cc1N1CCC(N2CCOCC2)CC1. The van der Waals surface area contributed by atoms with Gasteiger partial charge in [0.2, 0.25) is 16.0 Å². The van der Waals surface area contributed by atoms with E-state index in [0.29, 0.717) is 35.0 Å². The summed E-state index contributed by atoms with van der Waals surface area (Å²) in [7, 11) is -0.404. The first-order chi connectivity index (χ1) is 21.2. The number of methoxy groups -OCH3 is 2. The van der Waals surface area contributed by atoms with E-state index in [1.807, 2.05) is 0 Å². The molecule has 2 aromatic carbocycles. The minimum Gasteiger partial charge on any atom is -0.497 e. The van der Waals surface area contributed by atoms with Crippen molar-refractivity contribution in [2.24, 2.45) is 0 Å². The summed E-state index contributed by atoms with van der Waals surface area (Å²) >= 11 is 6.45. The highest BCUT2D eigenvalue weighted by molar-refractivity contribution is 7.92. The number of morpholine rings is 1. The van der Waals surface area contributed by atoms with Gasteiger partial charge >= 0.3 is 0 Å². The summed E-state index contributed by atoms with van der Waals surface area (Å²) in [4.78, 5) is 14.0. The molecule has 2 aliphatic rings. The minimum atomic E-state index is -3.56. The minimum absolute atomic E-state index is 0.258. The molecule has 0 radical (unpaired) electrons. The second-order valence-electron chi connectivity index (χ2n) is 10.8. The van der Waals surface area contributed by atoms with E-state index < -0.39 is 10.0 Å². The van der Waals surface area contributed by atoms with Gasteiger partial charge in [-0.05, 0) is 43.0 Å². The number of sulfonamides is 1. The molecule has 5 rings (SSSR count). The first-order valence-corrected chi connectivity index (χ1v) is 16.9. The Bertz CT molecular complexity index is 1560. The van der Waals surface area contributed by atoms with Crippen LogP contribution in [0.5, 0.6) is 11.5 Å². The van der Waals surface area contributed by atoms with E-state index in [2.05, 4.69) is 54.2 Å². The van der Waals surface area contributed by atoms with Crippen LogP contribution in [0.25, 0.3) is 0 Å². The van der Waals surface area contributed by atoms with Gasteiger partial charge in [-0.3, -0.25) is 9.62 Å². The number of halogens is 1. The van der Waals surface area contributed by atoms with Crippen LogP contribution in [0.15, 0.2) is 36.5 Å². The van der Waals surface area contributed by atoms with Crippen LogP contribution in [0.4, 0.5) is 34.5 Å². The highest BCUT2D eigenvalue weighted by Crippen LogP contribution is 2.38. The predicted octanol–water partition coefficient (Wildman–Crippen LogP) is 4.87. The molecule has 1 aromatic heterocycles. The van der Waals surface area contributed by atoms with Crippen LogP contribution in [0.2, 0.25) is 5.02 Å². The highest BCUT2D eigenvalue weighted by Gasteiger charge is 2.27. The number of benzene rings is 2. The van der Waals surface area contributed by atoms with E-state index in [9.17, 15) is 8.42 Å². The molecule has 238 valence electrons. The zero-order valence-electron chi connectivity index (χ0n) is 25.5. The molecular weight excluding hydrogens is 606 g/mol. The lowest BCUT2D eigenvalue weighted by molar-refractivity contribution is 0.0115. The molecule has 44 heavy (non-hydrogen) atoms. The first-order valence-electron chi connectivity index (χ1n) is 14.7. The topological polar surface area (TPSA) is 130 Å². The van der Waals surface area contributed by atoms with Crippen molar-refractivity contribution in [3.63, 3.8) is 0 Å². The van der Waals surface area contributed by atoms with Gasteiger partial charge in [0.25, 0.3) is 0 Å². The van der Waals surface area contributed by atoms with Gasteiger partial charge in [-0.15, -0.1) is 0 Å². The maximum Gasteiger partial charge on any atom is 0.229 e. The molecule has 2 fully saturated rings. The number of rotatable bonds is 11. The second kappa shape index (κ2) is 14.1. The van der Waals surface area contributed by atoms with Crippen LogP contribution in [0, 0.1) is 0 Å². The number of ether oxygens (including phenoxy) is 3. The van der Waals surface area contributed by atoms with E-state index in [1.54, 1.807) is 25.3 Å². The molecule has 0 saturated carbocycles. The van der Waals surface area contributed by atoms with Crippen molar-refractivity contribution in [1.82, 2.24) is 14.9 Å². The van der Waals surface area contributed by atoms with Gasteiger partial charge in [-0.25, -0.2) is 13.4 Å². The Morgan fingerprint density at radius 1 is 1.00 bits per heavy atom. The fraction of sp³-hybridized carbons (Fsp3) is 0.467. The molecule has 0 amide bonds. The summed E-state index contributed by atoms with van der Waals surface area (Å²) in [5.74, 6) is 1.75. The van der Waals surface area contributed by atoms with Gasteiger partial charge in [0.15, 0.2) is 5.82 Å². The molecule has 0 bridgehead atoms. The van der Waals surface area contributed by atoms with Crippen LogP contribution < -0.4 is 29.7 Å². The molecule has 3 heterocycles. The summed E-state index contributed by atoms with van der Waals surface area (Å²) in [6, 6.07) is 9.73. The number of piperidine rings is 1. The Morgan fingerprint density at radius 3 is 2.41 bits per heavy atom. The zero-order chi connectivity index (χ0) is 31.3. The third-order valence-electron chi connectivity index (χ3n) is 7.91. The monoisotopic (exact) mass is 645 g/mol. The number of hydrogen-bond acceptors (Lipinski definition) is 11. The van der Waals surface area contributed by atoms with Crippen molar-refractivity contribution < 1.29 is 22.6 Å². The van der Waals surface area contributed by atoms with Crippen molar-refractivity contribution >= 4 is 56.1 Å². The van der Waals surface area contributed by atoms with Gasteiger partial charge in [0.05, 0.1) is 56.9 Å². The van der Waals surface area contributed by atoms with E-state index in [1.165, 1.54) is 24.6 Å². The van der Waals surface area contributed by atoms with Gasteiger partial charge in [-0.2, -0.15) is 4.98 Å². The molecule has 3 aromatic rings. The molecule has 3 N–H and O–H groups in total. The van der Waals surface area contributed by atoms with Crippen LogP contribution in [0.3, 0.4) is 0 Å². The van der Waals surface area contributed by atoms with E-state index in [4.69, 9.17) is 25.8 Å². The van der Waals surface area contributed by atoms with Gasteiger partial charge < -0.3 is 29.7 Å². The summed E-state index contributed by atoms with van der Waals surface area (Å²) in [6.07, 6.45) is 5.64. The third-order valence-corrected chi connectivity index (χ3v) is 8.78. The molecule has 14 heteroatoms. The fourth-order valence-electron chi connectivity index (χ4n) is 5.68. The average Bonchev–Trinajstić information content (AvgIpc) is 3.03. The van der Waals surface area contributed by atoms with E-state index in [-0.39, 0.29) is 10.7 Å². The van der Waals surface area contributed by atoms with Crippen LogP contribution >= 0.6 is 11.6 Å². The maximum atomic E-state index is 12.0. The lowest BCUT2D eigenvalue weighted by Gasteiger charge is -2.41. The molecule has 2 saturated heterocycles. The van der Waals surface area contributed by atoms with E-state index >= 15 is 0 Å². The Morgan fingerprint density at radius 2 is 1.75 bits per heavy atom. The third kappa shape index (κ3) is 7.76. The maximum absolute atomic E-state index is 12.0. The van der Waals surface area contributed by atoms with Crippen molar-refractivity contribution in [2.45, 2.75) is 32.2 Å². The lowest BCUT2D eigenvalue weighted by Crippen LogP contribution is -2.49. The second-order valence-corrected chi connectivity index (χ2v) is 13.0. The number of nitrogens with one attached hydrogen (secondary N) is 3. The number of aryl methyl sites for hydroxylation is 1. The summed E-state index contributed by atoms with van der Waals surface area (Å²) in [5, 5.41) is 6.66. The summed E-state index contributed by atoms with van der Waals surface area (Å²) in [5.41, 5.74) is 3.83. The highest BCUT2D eigenvalue weighted by atomic mass is 35.5. The standard InChI is InChI=1S/C30H40ClN7O5S/c1-5-20-16-26(28(42-3)18-27(20)38-10-8-21(9-11-38)37-12-14-43-15-13-37)34-30-32-19-23(31)29(35-30)33-24-7-6-22(41-2)17-25(24)36-44(4,39)40/h6-7,16-19,21,36H,5,8-15H2,1-4H3,(H2,32,33,34,35). The average molecular weight is 646 g/mol. The smallest absolute Gasteiger partial charge is 0.229 e. The van der Waals surface area contributed by atoms with Crippen molar-refractivity contribution in [2.75, 3.05) is 80.1 Å². The molecule has 0 atom stereocenters. The lowest BCUT2D eigenvalue weighted by atomic mass is 10.00. The fourth-order valence-corrected chi connectivity index (χ4v) is 6.39. The van der Waals surface area contributed by atoms with Crippen molar-refractivity contribution in [3.8, 4) is 11.5 Å². The number of aromatic nitrogens is 2. The van der Waals surface area contributed by atoms with E-state index in [0.717, 1.165) is 70.6 Å². The number of anilines is 6. The van der Waals surface area contributed by atoms with Crippen LogP contribution in [0.1, 0.15) is 25.3 Å².